The summed E-state index contributed by atoms with van der Waals surface area (Å²) >= 11 is 0. The second-order valence-corrected chi connectivity index (χ2v) is 9.16. The molecule has 1 aromatic carbocycles. The first-order chi connectivity index (χ1) is 15.8. The van der Waals surface area contributed by atoms with Gasteiger partial charge in [0.05, 0.1) is 0 Å². The summed E-state index contributed by atoms with van der Waals surface area (Å²) in [5.41, 5.74) is 1.37. The van der Waals surface area contributed by atoms with Crippen LogP contribution in [0.15, 0.2) is 24.3 Å². The van der Waals surface area contributed by atoms with E-state index in [4.69, 9.17) is 9.47 Å². The molecule has 0 saturated carbocycles. The van der Waals surface area contributed by atoms with Gasteiger partial charge in [0.15, 0.2) is 0 Å². The minimum Gasteiger partial charge on any atom is -0.490 e. The number of hydrogen-bond donors (Lipinski definition) is 0. The molecule has 0 heterocycles. The summed E-state index contributed by atoms with van der Waals surface area (Å²) in [7, 11) is 0. The summed E-state index contributed by atoms with van der Waals surface area (Å²) in [6.07, 6.45) is 22.4. The highest BCUT2D eigenvalue weighted by Crippen LogP contribution is 2.15. The highest BCUT2D eigenvalue weighted by Gasteiger charge is 2.03. The summed E-state index contributed by atoms with van der Waals surface area (Å²) in [6.45, 7) is 5.26. The molecule has 32 heavy (non-hydrogen) atoms. The average Bonchev–Trinajstić information content (AvgIpc) is 2.81. The first-order valence-electron chi connectivity index (χ1n) is 13.6. The van der Waals surface area contributed by atoms with Crippen molar-refractivity contribution >= 4 is 5.97 Å². The summed E-state index contributed by atoms with van der Waals surface area (Å²) < 4.78 is 11.0. The summed E-state index contributed by atoms with van der Waals surface area (Å²) in [6, 6.07) is 8.37. The van der Waals surface area contributed by atoms with Crippen LogP contribution in [0.2, 0.25) is 0 Å². The SMILES string of the molecule is CCCCCCCCCCCC(=O)OCCOc1ccc(CCCCCCCCC)cc1. The van der Waals surface area contributed by atoms with Gasteiger partial charge in [0.25, 0.3) is 0 Å². The van der Waals surface area contributed by atoms with Crippen molar-refractivity contribution in [2.24, 2.45) is 0 Å². The van der Waals surface area contributed by atoms with Gasteiger partial charge in [-0.1, -0.05) is 116 Å². The largest absolute Gasteiger partial charge is 0.490 e. The zero-order valence-electron chi connectivity index (χ0n) is 21.2. The van der Waals surface area contributed by atoms with Crippen LogP contribution in [-0.2, 0) is 16.0 Å². The van der Waals surface area contributed by atoms with Gasteiger partial charge in [0.1, 0.15) is 19.0 Å². The minimum absolute atomic E-state index is 0.0958. The molecule has 1 aromatic rings. The molecule has 0 spiro atoms. The minimum atomic E-state index is -0.0958. The molecule has 3 nitrogen and oxygen atoms in total. The lowest BCUT2D eigenvalue weighted by atomic mass is 10.0. The molecule has 1 rings (SSSR count). The van der Waals surface area contributed by atoms with E-state index in [9.17, 15) is 4.79 Å². The Labute approximate surface area is 198 Å². The number of hydrogen-bond acceptors (Lipinski definition) is 3. The van der Waals surface area contributed by atoms with E-state index in [1.807, 2.05) is 12.1 Å². The van der Waals surface area contributed by atoms with E-state index in [0.29, 0.717) is 19.6 Å². The van der Waals surface area contributed by atoms with Crippen LogP contribution in [0, 0.1) is 0 Å². The van der Waals surface area contributed by atoms with Crippen LogP contribution in [-0.4, -0.2) is 19.2 Å². The highest BCUT2D eigenvalue weighted by atomic mass is 16.6. The van der Waals surface area contributed by atoms with Crippen LogP contribution in [0.4, 0.5) is 0 Å². The molecule has 0 saturated heterocycles. The average molecular weight is 447 g/mol. The Morgan fingerprint density at radius 1 is 0.625 bits per heavy atom. The second kappa shape index (κ2) is 21.3. The molecule has 0 unspecified atom stereocenters. The Balaban J connectivity index is 1.96. The molecule has 0 aromatic heterocycles. The van der Waals surface area contributed by atoms with Gasteiger partial charge in [-0.15, -0.1) is 0 Å². The van der Waals surface area contributed by atoms with Gasteiger partial charge < -0.3 is 9.47 Å². The number of benzene rings is 1. The molecule has 0 radical (unpaired) electrons. The molecule has 0 amide bonds. The number of unbranched alkanes of at least 4 members (excludes halogenated alkanes) is 14. The van der Waals surface area contributed by atoms with Gasteiger partial charge >= 0.3 is 5.97 Å². The van der Waals surface area contributed by atoms with Crippen LogP contribution >= 0.6 is 0 Å². The van der Waals surface area contributed by atoms with Crippen LogP contribution in [0.1, 0.15) is 129 Å². The molecule has 184 valence electrons. The van der Waals surface area contributed by atoms with Gasteiger partial charge in [-0.25, -0.2) is 0 Å². The van der Waals surface area contributed by atoms with E-state index in [1.165, 1.54) is 95.5 Å². The molecule has 0 N–H and O–H groups in total. The molecular weight excluding hydrogens is 396 g/mol. The van der Waals surface area contributed by atoms with Gasteiger partial charge in [-0.05, 0) is 37.0 Å². The lowest BCUT2D eigenvalue weighted by Crippen LogP contribution is -2.12. The molecular formula is C29H50O3. The molecule has 3 heteroatoms. The van der Waals surface area contributed by atoms with Crippen molar-refractivity contribution in [1.29, 1.82) is 0 Å². The second-order valence-electron chi connectivity index (χ2n) is 9.16. The Bertz CT molecular complexity index is 538. The zero-order valence-corrected chi connectivity index (χ0v) is 21.2. The van der Waals surface area contributed by atoms with Gasteiger partial charge in [0, 0.05) is 6.42 Å². The zero-order chi connectivity index (χ0) is 23.1. The maximum absolute atomic E-state index is 11.8. The van der Waals surface area contributed by atoms with Crippen molar-refractivity contribution in [3.05, 3.63) is 29.8 Å². The van der Waals surface area contributed by atoms with Crippen LogP contribution in [0.25, 0.3) is 0 Å². The van der Waals surface area contributed by atoms with Gasteiger partial charge in [-0.2, -0.15) is 0 Å². The predicted octanol–water partition coefficient (Wildman–Crippen LogP) is 8.82. The molecule has 0 aliphatic rings. The Kier molecular flexibility index (Phi) is 19.0. The van der Waals surface area contributed by atoms with Crippen molar-refractivity contribution < 1.29 is 14.3 Å². The molecule has 0 aliphatic carbocycles. The first-order valence-corrected chi connectivity index (χ1v) is 13.6. The fourth-order valence-electron chi connectivity index (χ4n) is 4.01. The van der Waals surface area contributed by atoms with Crippen molar-refractivity contribution in [3.63, 3.8) is 0 Å². The van der Waals surface area contributed by atoms with E-state index in [2.05, 4.69) is 26.0 Å². The van der Waals surface area contributed by atoms with E-state index in [-0.39, 0.29) is 5.97 Å². The van der Waals surface area contributed by atoms with Crippen LogP contribution < -0.4 is 4.74 Å². The molecule has 0 bridgehead atoms. The number of rotatable bonds is 22. The third-order valence-electron chi connectivity index (χ3n) is 6.09. The van der Waals surface area contributed by atoms with E-state index < -0.39 is 0 Å². The van der Waals surface area contributed by atoms with E-state index in [1.54, 1.807) is 0 Å². The predicted molar refractivity (Wildman–Crippen MR) is 136 cm³/mol. The Morgan fingerprint density at radius 3 is 1.69 bits per heavy atom. The highest BCUT2D eigenvalue weighted by molar-refractivity contribution is 5.69. The molecule has 0 fully saturated rings. The fourth-order valence-corrected chi connectivity index (χ4v) is 4.01. The van der Waals surface area contributed by atoms with Gasteiger partial charge in [-0.3, -0.25) is 4.79 Å². The standard InChI is InChI=1S/C29H50O3/c1-3-5-7-9-11-12-14-16-18-20-29(30)32-26-25-31-28-23-21-27(22-24-28)19-17-15-13-10-8-6-4-2/h21-24H,3-20,25-26H2,1-2H3. The van der Waals surface area contributed by atoms with Crippen molar-refractivity contribution in [3.8, 4) is 5.75 Å². The topological polar surface area (TPSA) is 35.5 Å². The number of esters is 1. The molecule has 0 aliphatic heterocycles. The normalized spacial score (nSPS) is 10.9. The number of aryl methyl sites for hydroxylation is 1. The lowest BCUT2D eigenvalue weighted by Gasteiger charge is -2.08. The van der Waals surface area contributed by atoms with Gasteiger partial charge in [0.2, 0.25) is 0 Å². The van der Waals surface area contributed by atoms with Crippen LogP contribution in [0.5, 0.6) is 5.75 Å². The third kappa shape index (κ3) is 17.1. The smallest absolute Gasteiger partial charge is 0.305 e. The monoisotopic (exact) mass is 446 g/mol. The number of carbonyl (C=O) groups excluding carboxylic acids is 1. The quantitative estimate of drug-likeness (QED) is 0.132. The fraction of sp³-hybridized carbons (Fsp3) is 0.759. The van der Waals surface area contributed by atoms with E-state index in [0.717, 1.165) is 25.0 Å². The van der Waals surface area contributed by atoms with Crippen molar-refractivity contribution in [2.75, 3.05) is 13.2 Å². The summed E-state index contributed by atoms with van der Waals surface area (Å²) in [5, 5.41) is 0. The molecule has 0 atom stereocenters. The number of carbonyl (C=O) groups is 1. The third-order valence-corrected chi connectivity index (χ3v) is 6.09. The maximum atomic E-state index is 11.8. The van der Waals surface area contributed by atoms with Crippen molar-refractivity contribution in [1.82, 2.24) is 0 Å². The van der Waals surface area contributed by atoms with Crippen molar-refractivity contribution in [2.45, 2.75) is 129 Å². The Morgan fingerprint density at radius 2 is 1.12 bits per heavy atom. The summed E-state index contributed by atoms with van der Waals surface area (Å²) in [4.78, 5) is 11.8. The lowest BCUT2D eigenvalue weighted by molar-refractivity contribution is -0.144. The van der Waals surface area contributed by atoms with Crippen LogP contribution in [0.3, 0.4) is 0 Å². The summed E-state index contributed by atoms with van der Waals surface area (Å²) in [5.74, 6) is 0.755. The number of ether oxygens (including phenoxy) is 2. The van der Waals surface area contributed by atoms with E-state index >= 15 is 0 Å². The first kappa shape index (κ1) is 28.5. The Hall–Kier alpha value is -1.51. The maximum Gasteiger partial charge on any atom is 0.305 e.